The summed E-state index contributed by atoms with van der Waals surface area (Å²) in [5.74, 6) is 0.659. The molecule has 7 nitrogen and oxygen atoms in total. The Bertz CT molecular complexity index is 725. The molecule has 1 aromatic carbocycles. The Morgan fingerprint density at radius 1 is 1.25 bits per heavy atom. The molecule has 0 saturated carbocycles. The smallest absolute Gasteiger partial charge is 0.338 e. The van der Waals surface area contributed by atoms with Gasteiger partial charge in [-0.1, -0.05) is 6.07 Å². The number of nitrogen functional groups attached to an aromatic ring is 1. The van der Waals surface area contributed by atoms with E-state index in [0.717, 1.165) is 0 Å². The molecule has 0 aliphatic heterocycles. The summed E-state index contributed by atoms with van der Waals surface area (Å²) in [6.07, 6.45) is 1.43. The van der Waals surface area contributed by atoms with Gasteiger partial charge in [-0.2, -0.15) is 0 Å². The van der Waals surface area contributed by atoms with Crippen LogP contribution in [0.1, 0.15) is 38.1 Å². The molecule has 7 heteroatoms. The minimum absolute atomic E-state index is 0.177. The first-order valence-corrected chi connectivity index (χ1v) is 7.73. The third-order valence-electron chi connectivity index (χ3n) is 3.01. The van der Waals surface area contributed by atoms with Crippen LogP contribution in [0, 0.1) is 0 Å². The third-order valence-corrected chi connectivity index (χ3v) is 3.01. The maximum atomic E-state index is 11.8. The molecule has 1 heterocycles. The lowest BCUT2D eigenvalue weighted by Gasteiger charge is -2.22. The topological polar surface area (TPSA) is 102 Å². The monoisotopic (exact) mass is 329 g/mol. The molecule has 0 radical (unpaired) electrons. The predicted molar refractivity (Wildman–Crippen MR) is 95.5 cm³/mol. The van der Waals surface area contributed by atoms with Crippen molar-refractivity contribution in [3.05, 3.63) is 36.2 Å². The van der Waals surface area contributed by atoms with E-state index >= 15 is 0 Å². The number of nitrogens with one attached hydrogen (secondary N) is 2. The second-order valence-corrected chi connectivity index (χ2v) is 6.29. The lowest BCUT2D eigenvalue weighted by Crippen LogP contribution is -2.27. The fourth-order valence-electron chi connectivity index (χ4n) is 2.03. The zero-order chi connectivity index (χ0) is 17.7. The van der Waals surface area contributed by atoms with Crippen LogP contribution in [0.3, 0.4) is 0 Å². The third kappa shape index (κ3) is 4.58. The van der Waals surface area contributed by atoms with Gasteiger partial charge in [-0.15, -0.1) is 0 Å². The normalized spacial score (nSPS) is 11.0. The van der Waals surface area contributed by atoms with Crippen molar-refractivity contribution in [2.24, 2.45) is 0 Å². The largest absolute Gasteiger partial charge is 0.462 e. The molecule has 2 rings (SSSR count). The van der Waals surface area contributed by atoms with Crippen LogP contribution in [0.15, 0.2) is 30.6 Å². The summed E-state index contributed by atoms with van der Waals surface area (Å²) in [4.78, 5) is 20.2. The van der Waals surface area contributed by atoms with E-state index in [1.807, 2.05) is 26.8 Å². The molecular weight excluding hydrogens is 306 g/mol. The molecular formula is C17H23N5O2. The highest BCUT2D eigenvalue weighted by Crippen LogP contribution is 2.27. The second-order valence-electron chi connectivity index (χ2n) is 6.29. The summed E-state index contributed by atoms with van der Waals surface area (Å²) in [6.45, 7) is 8.15. The highest BCUT2D eigenvalue weighted by atomic mass is 16.5. The Balaban J connectivity index is 2.24. The number of hydrogen-bond donors (Lipinski definition) is 3. The van der Waals surface area contributed by atoms with Crippen LogP contribution in [0.2, 0.25) is 0 Å². The standard InChI is InChI=1S/C17H23N5O2/c1-5-24-16(23)11-7-6-8-12(9-11)21-14-13(18)15(20-10-19-14)22-17(2,3)4/h6-10H,5,18H2,1-4H3,(H2,19,20,21,22). The fraction of sp³-hybridized carbons (Fsp3) is 0.353. The van der Waals surface area contributed by atoms with E-state index in [-0.39, 0.29) is 11.5 Å². The Morgan fingerprint density at radius 2 is 1.96 bits per heavy atom. The first-order chi connectivity index (χ1) is 11.3. The van der Waals surface area contributed by atoms with Gasteiger partial charge in [0.2, 0.25) is 0 Å². The number of carbonyl (C=O) groups excluding carboxylic acids is 1. The molecule has 0 amide bonds. The van der Waals surface area contributed by atoms with Crippen LogP contribution < -0.4 is 16.4 Å². The van der Waals surface area contributed by atoms with Gasteiger partial charge in [-0.3, -0.25) is 0 Å². The van der Waals surface area contributed by atoms with Crippen LogP contribution in [-0.2, 0) is 4.74 Å². The number of esters is 1. The Hall–Kier alpha value is -2.83. The Morgan fingerprint density at radius 3 is 2.62 bits per heavy atom. The predicted octanol–water partition coefficient (Wildman–Crippen LogP) is 3.19. The lowest BCUT2D eigenvalue weighted by molar-refractivity contribution is 0.0526. The molecule has 0 atom stereocenters. The van der Waals surface area contributed by atoms with Crippen molar-refractivity contribution in [3.8, 4) is 0 Å². The molecule has 1 aromatic heterocycles. The Labute approximate surface area is 141 Å². The van der Waals surface area contributed by atoms with E-state index in [2.05, 4.69) is 20.6 Å². The van der Waals surface area contributed by atoms with Gasteiger partial charge in [0, 0.05) is 11.2 Å². The van der Waals surface area contributed by atoms with E-state index in [1.54, 1.807) is 25.1 Å². The zero-order valence-electron chi connectivity index (χ0n) is 14.4. The average Bonchev–Trinajstić information content (AvgIpc) is 2.50. The average molecular weight is 329 g/mol. The van der Waals surface area contributed by atoms with E-state index in [4.69, 9.17) is 10.5 Å². The highest BCUT2D eigenvalue weighted by Gasteiger charge is 2.15. The van der Waals surface area contributed by atoms with Crippen LogP contribution in [0.4, 0.5) is 23.0 Å². The van der Waals surface area contributed by atoms with E-state index in [9.17, 15) is 4.79 Å². The van der Waals surface area contributed by atoms with Crippen LogP contribution in [-0.4, -0.2) is 28.1 Å². The zero-order valence-corrected chi connectivity index (χ0v) is 14.4. The number of anilines is 4. The van der Waals surface area contributed by atoms with Crippen molar-refractivity contribution in [1.82, 2.24) is 9.97 Å². The maximum Gasteiger partial charge on any atom is 0.338 e. The molecule has 2 aromatic rings. The van der Waals surface area contributed by atoms with Crippen molar-refractivity contribution in [2.75, 3.05) is 23.0 Å². The summed E-state index contributed by atoms with van der Waals surface area (Å²) < 4.78 is 5.00. The Kier molecular flexibility index (Phi) is 5.23. The molecule has 24 heavy (non-hydrogen) atoms. The van der Waals surface area contributed by atoms with Crippen LogP contribution >= 0.6 is 0 Å². The van der Waals surface area contributed by atoms with Gasteiger partial charge in [0.1, 0.15) is 12.0 Å². The van der Waals surface area contributed by atoms with E-state index < -0.39 is 0 Å². The molecule has 0 bridgehead atoms. The number of nitrogens with zero attached hydrogens (tertiary/aromatic N) is 2. The number of nitrogens with two attached hydrogens (primary N) is 1. The minimum Gasteiger partial charge on any atom is -0.462 e. The summed E-state index contributed by atoms with van der Waals surface area (Å²) in [6, 6.07) is 6.97. The van der Waals surface area contributed by atoms with Gasteiger partial charge < -0.3 is 21.1 Å². The van der Waals surface area contributed by atoms with Crippen molar-refractivity contribution in [1.29, 1.82) is 0 Å². The molecule has 0 fully saturated rings. The van der Waals surface area contributed by atoms with Crippen molar-refractivity contribution >= 4 is 29.0 Å². The summed E-state index contributed by atoms with van der Waals surface area (Å²) >= 11 is 0. The number of aromatic nitrogens is 2. The highest BCUT2D eigenvalue weighted by molar-refractivity contribution is 5.91. The van der Waals surface area contributed by atoms with Crippen LogP contribution in [0.25, 0.3) is 0 Å². The van der Waals surface area contributed by atoms with Crippen molar-refractivity contribution in [2.45, 2.75) is 33.2 Å². The minimum atomic E-state index is -0.369. The number of benzene rings is 1. The lowest BCUT2D eigenvalue weighted by atomic mass is 10.1. The van der Waals surface area contributed by atoms with Gasteiger partial charge in [0.15, 0.2) is 11.6 Å². The molecule has 128 valence electrons. The van der Waals surface area contributed by atoms with Gasteiger partial charge in [0.05, 0.1) is 12.2 Å². The molecule has 0 unspecified atom stereocenters. The summed E-state index contributed by atoms with van der Waals surface area (Å²) in [5, 5.41) is 6.34. The second kappa shape index (κ2) is 7.16. The van der Waals surface area contributed by atoms with Crippen molar-refractivity contribution in [3.63, 3.8) is 0 Å². The first kappa shape index (κ1) is 17.5. The number of hydrogen-bond acceptors (Lipinski definition) is 7. The fourth-order valence-corrected chi connectivity index (χ4v) is 2.03. The quantitative estimate of drug-likeness (QED) is 0.724. The molecule has 0 saturated heterocycles. The molecule has 0 spiro atoms. The molecule has 0 aliphatic carbocycles. The maximum absolute atomic E-state index is 11.8. The first-order valence-electron chi connectivity index (χ1n) is 7.73. The van der Waals surface area contributed by atoms with Gasteiger partial charge >= 0.3 is 5.97 Å². The van der Waals surface area contributed by atoms with Gasteiger partial charge in [-0.05, 0) is 45.9 Å². The number of rotatable bonds is 5. The molecule has 0 aliphatic rings. The summed E-state index contributed by atoms with van der Waals surface area (Å²) in [5.41, 5.74) is 7.52. The number of carbonyl (C=O) groups is 1. The van der Waals surface area contributed by atoms with Crippen LogP contribution in [0.5, 0.6) is 0 Å². The van der Waals surface area contributed by atoms with E-state index in [1.165, 1.54) is 6.33 Å². The SMILES string of the molecule is CCOC(=O)c1cccc(Nc2ncnc(NC(C)(C)C)c2N)c1. The summed E-state index contributed by atoms with van der Waals surface area (Å²) in [7, 11) is 0. The van der Waals surface area contributed by atoms with Gasteiger partial charge in [-0.25, -0.2) is 14.8 Å². The van der Waals surface area contributed by atoms with Gasteiger partial charge in [0.25, 0.3) is 0 Å². The van der Waals surface area contributed by atoms with E-state index in [0.29, 0.717) is 35.2 Å². The number of ether oxygens (including phenoxy) is 1. The molecule has 4 N–H and O–H groups in total. The van der Waals surface area contributed by atoms with Crippen molar-refractivity contribution < 1.29 is 9.53 Å².